The van der Waals surface area contributed by atoms with Gasteiger partial charge in [0.15, 0.2) is 0 Å². The maximum Gasteiger partial charge on any atom is 0.258 e. The molecular formula is C23H29N3O4. The number of aliphatic imine (C=N–C) groups is 1. The van der Waals surface area contributed by atoms with Crippen LogP contribution in [0.15, 0.2) is 47.5 Å². The number of nitrogens with one attached hydrogen (secondary N) is 2. The van der Waals surface area contributed by atoms with Crippen molar-refractivity contribution in [2.24, 2.45) is 4.99 Å². The molecule has 0 aliphatic carbocycles. The van der Waals surface area contributed by atoms with E-state index in [2.05, 4.69) is 28.6 Å². The second-order valence-corrected chi connectivity index (χ2v) is 7.06. The summed E-state index contributed by atoms with van der Waals surface area (Å²) in [4.78, 5) is 17.5. The molecule has 2 N–H and O–H groups in total. The molecule has 0 aromatic heterocycles. The van der Waals surface area contributed by atoms with E-state index in [0.29, 0.717) is 29.6 Å². The lowest BCUT2D eigenvalue weighted by atomic mass is 10.1. The van der Waals surface area contributed by atoms with Crippen LogP contribution in [0.4, 0.5) is 5.69 Å². The van der Waals surface area contributed by atoms with Crippen LogP contribution in [-0.2, 0) is 11.2 Å². The minimum absolute atomic E-state index is 0.0811. The van der Waals surface area contributed by atoms with Gasteiger partial charge in [0.1, 0.15) is 11.5 Å². The molecule has 1 saturated heterocycles. The van der Waals surface area contributed by atoms with Gasteiger partial charge >= 0.3 is 0 Å². The van der Waals surface area contributed by atoms with Crippen LogP contribution in [0.3, 0.4) is 0 Å². The standard InChI is InChI=1S/C23H29N3O4/c1-4-16-7-5-8-18(11-16)25-23(24-15-19-9-6-10-30-19)26-22(27)17-12-20(28-2)14-21(13-17)29-3/h5,7-8,11-14,19H,4,6,9-10,15H2,1-3H3,(H2,24,25,26,27)/t19-/m0/s1. The molecule has 0 bridgehead atoms. The summed E-state index contributed by atoms with van der Waals surface area (Å²) in [6, 6.07) is 13.1. The Morgan fingerprint density at radius 2 is 1.93 bits per heavy atom. The number of rotatable bonds is 7. The van der Waals surface area contributed by atoms with Crippen molar-refractivity contribution >= 4 is 17.6 Å². The number of ether oxygens (including phenoxy) is 3. The number of amides is 1. The second-order valence-electron chi connectivity index (χ2n) is 7.06. The van der Waals surface area contributed by atoms with Gasteiger partial charge in [-0.1, -0.05) is 19.1 Å². The van der Waals surface area contributed by atoms with E-state index in [1.54, 1.807) is 32.4 Å². The quantitative estimate of drug-likeness (QED) is 0.537. The largest absolute Gasteiger partial charge is 0.497 e. The molecule has 7 nitrogen and oxygen atoms in total. The number of hydrogen-bond donors (Lipinski definition) is 2. The van der Waals surface area contributed by atoms with E-state index >= 15 is 0 Å². The lowest BCUT2D eigenvalue weighted by Crippen LogP contribution is -2.36. The van der Waals surface area contributed by atoms with Crippen LogP contribution in [0.2, 0.25) is 0 Å². The number of carbonyl (C=O) groups is 1. The first-order valence-electron chi connectivity index (χ1n) is 10.2. The molecule has 0 radical (unpaired) electrons. The van der Waals surface area contributed by atoms with Crippen molar-refractivity contribution in [1.29, 1.82) is 0 Å². The highest BCUT2D eigenvalue weighted by molar-refractivity contribution is 6.10. The first kappa shape index (κ1) is 21.6. The fourth-order valence-corrected chi connectivity index (χ4v) is 3.22. The molecule has 1 amide bonds. The van der Waals surface area contributed by atoms with Crippen molar-refractivity contribution < 1.29 is 19.0 Å². The molecule has 1 atom stereocenters. The van der Waals surface area contributed by atoms with Crippen molar-refractivity contribution in [1.82, 2.24) is 5.32 Å². The molecule has 7 heteroatoms. The fraction of sp³-hybridized carbons (Fsp3) is 0.391. The molecule has 1 aliphatic rings. The summed E-state index contributed by atoms with van der Waals surface area (Å²) >= 11 is 0. The maximum absolute atomic E-state index is 12.9. The Bertz CT molecular complexity index is 870. The fourth-order valence-electron chi connectivity index (χ4n) is 3.22. The summed E-state index contributed by atoms with van der Waals surface area (Å²) in [5.41, 5.74) is 2.48. The summed E-state index contributed by atoms with van der Waals surface area (Å²) in [6.07, 6.45) is 3.02. The van der Waals surface area contributed by atoms with Crippen LogP contribution in [0.25, 0.3) is 0 Å². The minimum Gasteiger partial charge on any atom is -0.497 e. The van der Waals surface area contributed by atoms with Gasteiger partial charge in [-0.25, -0.2) is 4.99 Å². The zero-order valence-corrected chi connectivity index (χ0v) is 17.7. The number of methoxy groups -OCH3 is 2. The van der Waals surface area contributed by atoms with E-state index in [1.807, 2.05) is 18.2 Å². The average molecular weight is 412 g/mol. The molecule has 1 heterocycles. The van der Waals surface area contributed by atoms with E-state index in [1.165, 1.54) is 5.56 Å². The van der Waals surface area contributed by atoms with Crippen molar-refractivity contribution in [3.63, 3.8) is 0 Å². The summed E-state index contributed by atoms with van der Waals surface area (Å²) < 4.78 is 16.2. The van der Waals surface area contributed by atoms with Crippen molar-refractivity contribution in [2.75, 3.05) is 32.7 Å². The van der Waals surface area contributed by atoms with Crippen molar-refractivity contribution in [3.8, 4) is 11.5 Å². The van der Waals surface area contributed by atoms with Gasteiger partial charge in [-0.05, 0) is 49.1 Å². The van der Waals surface area contributed by atoms with Crippen LogP contribution in [0, 0.1) is 0 Å². The van der Waals surface area contributed by atoms with E-state index in [4.69, 9.17) is 14.2 Å². The Kier molecular flexibility index (Phi) is 7.68. The molecule has 0 unspecified atom stereocenters. The summed E-state index contributed by atoms with van der Waals surface area (Å²) in [5, 5.41) is 6.11. The average Bonchev–Trinajstić information content (AvgIpc) is 3.30. The molecule has 0 saturated carbocycles. The minimum atomic E-state index is -0.308. The zero-order valence-electron chi connectivity index (χ0n) is 17.7. The molecule has 30 heavy (non-hydrogen) atoms. The highest BCUT2D eigenvalue weighted by atomic mass is 16.5. The molecule has 3 rings (SSSR count). The van der Waals surface area contributed by atoms with E-state index in [9.17, 15) is 4.79 Å². The third kappa shape index (κ3) is 5.97. The number of guanidine groups is 1. The SMILES string of the molecule is CCc1cccc(NC(=NC[C@@H]2CCCO2)NC(=O)c2cc(OC)cc(OC)c2)c1. The third-order valence-corrected chi connectivity index (χ3v) is 4.92. The topological polar surface area (TPSA) is 81.2 Å². The third-order valence-electron chi connectivity index (χ3n) is 4.92. The van der Waals surface area contributed by atoms with E-state index in [0.717, 1.165) is 31.6 Å². The van der Waals surface area contributed by atoms with Gasteiger partial charge in [0.05, 0.1) is 26.9 Å². The van der Waals surface area contributed by atoms with E-state index in [-0.39, 0.29) is 12.0 Å². The molecular weight excluding hydrogens is 382 g/mol. The number of anilines is 1. The molecule has 1 aliphatic heterocycles. The molecule has 2 aromatic carbocycles. The van der Waals surface area contributed by atoms with Crippen LogP contribution in [-0.4, -0.2) is 45.3 Å². The zero-order chi connectivity index (χ0) is 21.3. The Morgan fingerprint density at radius 1 is 1.17 bits per heavy atom. The van der Waals surface area contributed by atoms with Gasteiger partial charge < -0.3 is 19.5 Å². The second kappa shape index (κ2) is 10.6. The van der Waals surface area contributed by atoms with Crippen molar-refractivity contribution in [3.05, 3.63) is 53.6 Å². The number of carbonyl (C=O) groups excluding carboxylic acids is 1. The maximum atomic E-state index is 12.9. The van der Waals surface area contributed by atoms with Gasteiger partial charge in [-0.2, -0.15) is 0 Å². The first-order chi connectivity index (χ1) is 14.6. The van der Waals surface area contributed by atoms with Gasteiger partial charge in [-0.15, -0.1) is 0 Å². The van der Waals surface area contributed by atoms with Crippen LogP contribution >= 0.6 is 0 Å². The smallest absolute Gasteiger partial charge is 0.258 e. The molecule has 1 fully saturated rings. The Morgan fingerprint density at radius 3 is 2.57 bits per heavy atom. The number of hydrogen-bond acceptors (Lipinski definition) is 5. The molecule has 2 aromatic rings. The Labute approximate surface area is 177 Å². The first-order valence-corrected chi connectivity index (χ1v) is 10.2. The Hall–Kier alpha value is -3.06. The van der Waals surface area contributed by atoms with Crippen LogP contribution < -0.4 is 20.1 Å². The number of nitrogens with zero attached hydrogens (tertiary/aromatic N) is 1. The van der Waals surface area contributed by atoms with Gasteiger partial charge in [0.25, 0.3) is 5.91 Å². The molecule has 0 spiro atoms. The lowest BCUT2D eigenvalue weighted by Gasteiger charge is -2.15. The molecule has 160 valence electrons. The monoisotopic (exact) mass is 411 g/mol. The highest BCUT2D eigenvalue weighted by Crippen LogP contribution is 2.22. The summed E-state index contributed by atoms with van der Waals surface area (Å²) in [7, 11) is 3.10. The van der Waals surface area contributed by atoms with Crippen LogP contribution in [0.1, 0.15) is 35.7 Å². The Balaban J connectivity index is 1.80. The predicted octanol–water partition coefficient (Wildman–Crippen LogP) is 3.64. The number of aryl methyl sites for hydroxylation is 1. The van der Waals surface area contributed by atoms with E-state index < -0.39 is 0 Å². The predicted molar refractivity (Wildman–Crippen MR) is 118 cm³/mol. The van der Waals surface area contributed by atoms with Crippen LogP contribution in [0.5, 0.6) is 11.5 Å². The van der Waals surface area contributed by atoms with Gasteiger partial charge in [0, 0.05) is 23.9 Å². The normalized spacial score (nSPS) is 16.2. The highest BCUT2D eigenvalue weighted by Gasteiger charge is 2.17. The summed E-state index contributed by atoms with van der Waals surface area (Å²) in [5.74, 6) is 1.16. The number of benzene rings is 2. The van der Waals surface area contributed by atoms with Crippen molar-refractivity contribution in [2.45, 2.75) is 32.3 Å². The van der Waals surface area contributed by atoms with Gasteiger partial charge in [-0.3, -0.25) is 10.1 Å². The lowest BCUT2D eigenvalue weighted by molar-refractivity contribution is 0.0975. The van der Waals surface area contributed by atoms with Gasteiger partial charge in [0.2, 0.25) is 5.96 Å². The summed E-state index contributed by atoms with van der Waals surface area (Å²) in [6.45, 7) is 3.35.